The van der Waals surface area contributed by atoms with Crippen molar-refractivity contribution < 1.29 is 9.53 Å². The van der Waals surface area contributed by atoms with E-state index >= 15 is 0 Å². The highest BCUT2D eigenvalue weighted by atomic mass is 79.9. The fourth-order valence-electron chi connectivity index (χ4n) is 4.58. The lowest BCUT2D eigenvalue weighted by atomic mass is 9.71. The molecular formula is C31H35BrO2. The number of benzene rings is 3. The van der Waals surface area contributed by atoms with Crippen molar-refractivity contribution >= 4 is 21.7 Å². The second-order valence-electron chi connectivity index (χ2n) is 12.1. The average Bonchev–Trinajstić information content (AvgIpc) is 2.72. The molecule has 4 rings (SSSR count). The van der Waals surface area contributed by atoms with Crippen LogP contribution < -0.4 is 4.74 Å². The number of halogens is 1. The van der Waals surface area contributed by atoms with Crippen molar-refractivity contribution in [3.63, 3.8) is 0 Å². The van der Waals surface area contributed by atoms with Crippen molar-refractivity contribution in [1.29, 1.82) is 0 Å². The van der Waals surface area contributed by atoms with E-state index in [0.29, 0.717) is 5.56 Å². The predicted octanol–water partition coefficient (Wildman–Crippen LogP) is 9.35. The van der Waals surface area contributed by atoms with Crippen LogP contribution in [-0.4, -0.2) is 5.78 Å². The number of rotatable bonds is 2. The maximum atomic E-state index is 11.8. The maximum absolute atomic E-state index is 11.8. The molecule has 0 radical (unpaired) electrons. The van der Waals surface area contributed by atoms with Gasteiger partial charge in [0.05, 0.1) is 4.47 Å². The molecule has 178 valence electrons. The molecule has 0 aliphatic carbocycles. The van der Waals surface area contributed by atoms with Gasteiger partial charge in [0.2, 0.25) is 0 Å². The molecule has 1 aliphatic rings. The van der Waals surface area contributed by atoms with Crippen molar-refractivity contribution in [2.45, 2.75) is 78.6 Å². The third-order valence-corrected chi connectivity index (χ3v) is 7.61. The number of hydrogen-bond donors (Lipinski definition) is 0. The van der Waals surface area contributed by atoms with Crippen molar-refractivity contribution in [1.82, 2.24) is 0 Å². The Kier molecular flexibility index (Phi) is 5.88. The van der Waals surface area contributed by atoms with Gasteiger partial charge in [-0.1, -0.05) is 91.8 Å². The van der Waals surface area contributed by atoms with E-state index in [2.05, 4.69) is 95.6 Å². The minimum atomic E-state index is -0.248. The molecule has 0 amide bonds. The van der Waals surface area contributed by atoms with Crippen LogP contribution in [0.4, 0.5) is 0 Å². The monoisotopic (exact) mass is 518 g/mol. The van der Waals surface area contributed by atoms with Crippen LogP contribution in [0.1, 0.15) is 94.9 Å². The summed E-state index contributed by atoms with van der Waals surface area (Å²) in [6.07, 6.45) is 0. The molecule has 3 aromatic rings. The zero-order chi connectivity index (χ0) is 25.2. The topological polar surface area (TPSA) is 26.3 Å². The normalized spacial score (nSPS) is 14.8. The maximum Gasteiger partial charge on any atom is 0.159 e. The Hall–Kier alpha value is -2.39. The first-order valence-electron chi connectivity index (χ1n) is 11.9. The summed E-state index contributed by atoms with van der Waals surface area (Å²) in [4.78, 5) is 11.8. The molecule has 0 unspecified atom stereocenters. The number of Topliss-reactive ketones (excluding diaryl/α,β-unsaturated/α-hetero) is 1. The van der Waals surface area contributed by atoms with Crippen LogP contribution in [0.3, 0.4) is 0 Å². The van der Waals surface area contributed by atoms with Gasteiger partial charge >= 0.3 is 0 Å². The van der Waals surface area contributed by atoms with Gasteiger partial charge in [0, 0.05) is 27.7 Å². The van der Waals surface area contributed by atoms with Gasteiger partial charge in [-0.2, -0.15) is 0 Å². The molecule has 0 bridgehead atoms. The molecule has 1 heterocycles. The second-order valence-corrected chi connectivity index (χ2v) is 13.0. The van der Waals surface area contributed by atoms with E-state index in [-0.39, 0.29) is 22.0 Å². The summed E-state index contributed by atoms with van der Waals surface area (Å²) in [6, 6.07) is 16.9. The van der Waals surface area contributed by atoms with Crippen LogP contribution in [0.25, 0.3) is 11.1 Å². The fraction of sp³-hybridized carbons (Fsp3) is 0.387. The number of ether oxygens (including phenoxy) is 1. The van der Waals surface area contributed by atoms with Crippen LogP contribution in [0.15, 0.2) is 53.0 Å². The highest BCUT2D eigenvalue weighted by Gasteiger charge is 2.39. The molecule has 0 aromatic heterocycles. The lowest BCUT2D eigenvalue weighted by molar-refractivity contribution is 0.101. The van der Waals surface area contributed by atoms with Crippen LogP contribution >= 0.6 is 15.9 Å². The van der Waals surface area contributed by atoms with Gasteiger partial charge in [-0.25, -0.2) is 0 Å². The molecular weight excluding hydrogens is 484 g/mol. The summed E-state index contributed by atoms with van der Waals surface area (Å²) in [6.45, 7) is 19.7. The van der Waals surface area contributed by atoms with E-state index in [1.165, 1.54) is 22.3 Å². The van der Waals surface area contributed by atoms with Crippen LogP contribution in [0, 0.1) is 0 Å². The van der Waals surface area contributed by atoms with Gasteiger partial charge in [0.15, 0.2) is 5.78 Å². The van der Waals surface area contributed by atoms with Crippen LogP contribution in [0.5, 0.6) is 11.5 Å². The molecule has 0 spiro atoms. The lowest BCUT2D eigenvalue weighted by Crippen LogP contribution is -2.27. The zero-order valence-corrected chi connectivity index (χ0v) is 23.4. The Bertz CT molecular complexity index is 1280. The predicted molar refractivity (Wildman–Crippen MR) is 146 cm³/mol. The first-order chi connectivity index (χ1) is 15.6. The minimum absolute atomic E-state index is 0.0205. The Morgan fingerprint density at radius 1 is 0.794 bits per heavy atom. The van der Waals surface area contributed by atoms with Gasteiger partial charge in [0.25, 0.3) is 0 Å². The number of hydrogen-bond acceptors (Lipinski definition) is 2. The number of ketones is 1. The Labute approximate surface area is 212 Å². The average molecular weight is 520 g/mol. The highest BCUT2D eigenvalue weighted by molar-refractivity contribution is 9.10. The Morgan fingerprint density at radius 3 is 1.79 bits per heavy atom. The van der Waals surface area contributed by atoms with E-state index in [0.717, 1.165) is 27.1 Å². The Balaban J connectivity index is 2.00. The van der Waals surface area contributed by atoms with Gasteiger partial charge in [-0.05, 0) is 62.5 Å². The molecule has 3 heteroatoms. The van der Waals surface area contributed by atoms with E-state index in [9.17, 15) is 4.79 Å². The molecule has 3 aromatic carbocycles. The minimum Gasteiger partial charge on any atom is -0.455 e. The van der Waals surface area contributed by atoms with Crippen LogP contribution in [-0.2, 0) is 16.2 Å². The fourth-order valence-corrected chi connectivity index (χ4v) is 5.12. The summed E-state index contributed by atoms with van der Waals surface area (Å²) < 4.78 is 7.71. The molecule has 34 heavy (non-hydrogen) atoms. The van der Waals surface area contributed by atoms with Gasteiger partial charge in [-0.15, -0.1) is 0 Å². The largest absolute Gasteiger partial charge is 0.455 e. The van der Waals surface area contributed by atoms with Crippen molar-refractivity contribution in [3.05, 3.63) is 80.8 Å². The van der Waals surface area contributed by atoms with E-state index in [4.69, 9.17) is 4.74 Å². The van der Waals surface area contributed by atoms with Gasteiger partial charge in [0.1, 0.15) is 11.5 Å². The molecule has 0 N–H and O–H groups in total. The van der Waals surface area contributed by atoms with Gasteiger partial charge < -0.3 is 4.74 Å². The molecule has 1 aliphatic heterocycles. The van der Waals surface area contributed by atoms with Gasteiger partial charge in [-0.3, -0.25) is 4.79 Å². The van der Waals surface area contributed by atoms with Crippen molar-refractivity contribution in [3.8, 4) is 22.6 Å². The summed E-state index contributed by atoms with van der Waals surface area (Å²) in [7, 11) is 0. The molecule has 2 nitrogen and oxygen atoms in total. The van der Waals surface area contributed by atoms with E-state index in [1.54, 1.807) is 6.92 Å². The second kappa shape index (κ2) is 8.09. The van der Waals surface area contributed by atoms with Crippen molar-refractivity contribution in [2.24, 2.45) is 0 Å². The zero-order valence-electron chi connectivity index (χ0n) is 21.8. The molecule has 0 saturated heterocycles. The summed E-state index contributed by atoms with van der Waals surface area (Å²) in [5, 5.41) is 0. The first kappa shape index (κ1) is 24.7. The summed E-state index contributed by atoms with van der Waals surface area (Å²) in [5.74, 6) is 1.85. The number of carbonyl (C=O) groups is 1. The third kappa shape index (κ3) is 4.24. The van der Waals surface area contributed by atoms with Crippen molar-refractivity contribution in [2.75, 3.05) is 0 Å². The number of carbonyl (C=O) groups excluding carboxylic acids is 1. The summed E-state index contributed by atoms with van der Waals surface area (Å²) >= 11 is 3.82. The Morgan fingerprint density at radius 2 is 1.29 bits per heavy atom. The third-order valence-electron chi connectivity index (χ3n) is 7.02. The van der Waals surface area contributed by atoms with Crippen LogP contribution in [0.2, 0.25) is 0 Å². The molecule has 0 saturated carbocycles. The highest BCUT2D eigenvalue weighted by Crippen LogP contribution is 2.55. The quantitative estimate of drug-likeness (QED) is 0.315. The molecule has 0 fully saturated rings. The first-order valence-corrected chi connectivity index (χ1v) is 12.7. The van der Waals surface area contributed by atoms with E-state index in [1.807, 2.05) is 24.3 Å². The molecule has 0 atom stereocenters. The lowest BCUT2D eigenvalue weighted by Gasteiger charge is -2.38. The smallest absolute Gasteiger partial charge is 0.159 e. The number of fused-ring (bicyclic) bond motifs is 2. The SMILES string of the molecule is CC(=O)c1ccc(-c2cc(C(C)(C)C)cc3c2Oc2c(Br)cc(C(C)(C)C)cc2C3(C)C)cc1. The van der Waals surface area contributed by atoms with E-state index < -0.39 is 0 Å². The summed E-state index contributed by atoms with van der Waals surface area (Å²) in [5.41, 5.74) is 7.53. The standard InChI is InChI=1S/C31H35BrO2/c1-18(33)19-10-12-20(13-11-19)23-14-21(29(2,3)4)15-24-27(23)34-28-25(31(24,8)9)16-22(17-26(28)32)30(5,6)7/h10-17H,1-9H3.